The van der Waals surface area contributed by atoms with Crippen LogP contribution in [-0.4, -0.2) is 19.9 Å². The normalized spacial score (nSPS) is 11.7. The Bertz CT molecular complexity index is 682. The van der Waals surface area contributed by atoms with Crippen LogP contribution in [0.2, 0.25) is 0 Å². The van der Waals surface area contributed by atoms with Gasteiger partial charge in [-0.2, -0.15) is 0 Å². The van der Waals surface area contributed by atoms with E-state index in [2.05, 4.69) is 15.0 Å². The smallest absolute Gasteiger partial charge is 0.241 e. The van der Waals surface area contributed by atoms with Crippen molar-refractivity contribution in [1.82, 2.24) is 15.0 Å². The van der Waals surface area contributed by atoms with Gasteiger partial charge in [-0.15, -0.1) is 11.3 Å². The van der Waals surface area contributed by atoms with Gasteiger partial charge in [-0.1, -0.05) is 19.1 Å². The zero-order chi connectivity index (χ0) is 15.3. The molecular formula is C14H19N3O2S2. The molecule has 1 aromatic carbocycles. The molecule has 2 rings (SSSR count). The van der Waals surface area contributed by atoms with Gasteiger partial charge in [0.05, 0.1) is 22.6 Å². The Morgan fingerprint density at radius 3 is 2.76 bits per heavy atom. The van der Waals surface area contributed by atoms with Crippen LogP contribution in [0.3, 0.4) is 0 Å². The molecule has 0 aliphatic heterocycles. The van der Waals surface area contributed by atoms with Crippen LogP contribution in [0.25, 0.3) is 0 Å². The van der Waals surface area contributed by atoms with Gasteiger partial charge in [0, 0.05) is 11.9 Å². The van der Waals surface area contributed by atoms with Crippen molar-refractivity contribution in [3.05, 3.63) is 45.9 Å². The lowest BCUT2D eigenvalue weighted by Crippen LogP contribution is -2.25. The highest BCUT2D eigenvalue weighted by Crippen LogP contribution is 2.19. The molecular weight excluding hydrogens is 306 g/mol. The molecule has 0 amide bonds. The van der Waals surface area contributed by atoms with Crippen LogP contribution in [0.1, 0.15) is 23.7 Å². The van der Waals surface area contributed by atoms with Gasteiger partial charge in [0.2, 0.25) is 10.0 Å². The molecule has 2 N–H and O–H groups in total. The Morgan fingerprint density at radius 2 is 2.10 bits per heavy atom. The lowest BCUT2D eigenvalue weighted by atomic mass is 10.1. The first-order chi connectivity index (χ1) is 10.0. The van der Waals surface area contributed by atoms with E-state index in [4.69, 9.17) is 0 Å². The molecule has 114 valence electrons. The molecule has 0 fully saturated rings. The fourth-order valence-corrected chi connectivity index (χ4v) is 3.82. The van der Waals surface area contributed by atoms with E-state index in [-0.39, 0.29) is 6.54 Å². The second-order valence-corrected chi connectivity index (χ2v) is 7.08. The molecule has 2 aromatic rings. The van der Waals surface area contributed by atoms with Gasteiger partial charge in [-0.3, -0.25) is 0 Å². The van der Waals surface area contributed by atoms with Crippen molar-refractivity contribution < 1.29 is 8.42 Å². The van der Waals surface area contributed by atoms with Crippen LogP contribution in [0.15, 0.2) is 34.0 Å². The average molecular weight is 325 g/mol. The number of hydrogen-bond acceptors (Lipinski definition) is 5. The van der Waals surface area contributed by atoms with Crippen LogP contribution in [0.5, 0.6) is 0 Å². The molecule has 0 radical (unpaired) electrons. The van der Waals surface area contributed by atoms with E-state index >= 15 is 0 Å². The Morgan fingerprint density at radius 1 is 1.29 bits per heavy atom. The van der Waals surface area contributed by atoms with Crippen molar-refractivity contribution in [2.45, 2.75) is 31.8 Å². The van der Waals surface area contributed by atoms with Crippen molar-refractivity contribution in [3.8, 4) is 0 Å². The highest BCUT2D eigenvalue weighted by atomic mass is 32.2. The van der Waals surface area contributed by atoms with Crippen molar-refractivity contribution in [2.24, 2.45) is 0 Å². The van der Waals surface area contributed by atoms with E-state index in [1.54, 1.807) is 17.6 Å². The maximum absolute atomic E-state index is 12.4. The number of thiazole rings is 1. The van der Waals surface area contributed by atoms with Gasteiger partial charge >= 0.3 is 0 Å². The number of nitrogens with zero attached hydrogens (tertiary/aromatic N) is 1. The number of aromatic nitrogens is 1. The highest BCUT2D eigenvalue weighted by Gasteiger charge is 2.18. The van der Waals surface area contributed by atoms with Crippen molar-refractivity contribution in [2.75, 3.05) is 6.54 Å². The van der Waals surface area contributed by atoms with Gasteiger partial charge in [-0.25, -0.2) is 18.1 Å². The third-order valence-electron chi connectivity index (χ3n) is 3.18. The lowest BCUT2D eigenvalue weighted by Gasteiger charge is -2.12. The zero-order valence-electron chi connectivity index (χ0n) is 12.1. The van der Waals surface area contributed by atoms with E-state index in [0.717, 1.165) is 23.4 Å². The molecule has 21 heavy (non-hydrogen) atoms. The largest absolute Gasteiger partial charge is 0.313 e. The molecule has 1 heterocycles. The predicted octanol–water partition coefficient (Wildman–Crippen LogP) is 2.04. The van der Waals surface area contributed by atoms with Crippen LogP contribution in [-0.2, 0) is 23.1 Å². The molecule has 0 aliphatic carbocycles. The van der Waals surface area contributed by atoms with Crippen LogP contribution < -0.4 is 10.0 Å². The number of rotatable bonds is 7. The summed E-state index contributed by atoms with van der Waals surface area (Å²) in [5, 5.41) is 5.04. The third kappa shape index (κ3) is 4.10. The first-order valence-corrected chi connectivity index (χ1v) is 9.13. The third-order valence-corrected chi connectivity index (χ3v) is 5.36. The Labute approximate surface area is 129 Å². The van der Waals surface area contributed by atoms with Gasteiger partial charge in [0.25, 0.3) is 0 Å². The standard InChI is InChI=1S/C14H19N3O2S2/c1-3-15-7-12-5-4-6-14(11(12)2)21(18,19)17-8-13-9-20-10-16-13/h4-6,9-10,15,17H,3,7-8H2,1-2H3. The Balaban J connectivity index is 2.19. The second-order valence-electron chi connectivity index (χ2n) is 4.62. The van der Waals surface area contributed by atoms with Crippen LogP contribution in [0.4, 0.5) is 0 Å². The van der Waals surface area contributed by atoms with E-state index in [0.29, 0.717) is 11.4 Å². The molecule has 0 spiro atoms. The van der Waals surface area contributed by atoms with Gasteiger partial charge in [-0.05, 0) is 30.7 Å². The summed E-state index contributed by atoms with van der Waals surface area (Å²) in [6, 6.07) is 5.35. The molecule has 0 saturated heterocycles. The highest BCUT2D eigenvalue weighted by molar-refractivity contribution is 7.89. The molecule has 0 bridgehead atoms. The Kier molecular flexibility index (Phi) is 5.46. The summed E-state index contributed by atoms with van der Waals surface area (Å²) < 4.78 is 27.4. The minimum Gasteiger partial charge on any atom is -0.313 e. The van der Waals surface area contributed by atoms with Crippen molar-refractivity contribution in [1.29, 1.82) is 0 Å². The molecule has 0 saturated carbocycles. The summed E-state index contributed by atoms with van der Waals surface area (Å²) in [6.07, 6.45) is 0. The maximum atomic E-state index is 12.4. The summed E-state index contributed by atoms with van der Waals surface area (Å²) in [7, 11) is -3.53. The topological polar surface area (TPSA) is 71.1 Å². The van der Waals surface area contributed by atoms with Gasteiger partial charge in [0.15, 0.2) is 0 Å². The SMILES string of the molecule is CCNCc1cccc(S(=O)(=O)NCc2cscn2)c1C. The Hall–Kier alpha value is -1.28. The van der Waals surface area contributed by atoms with Crippen molar-refractivity contribution >= 4 is 21.4 Å². The van der Waals surface area contributed by atoms with E-state index in [1.165, 1.54) is 11.3 Å². The van der Waals surface area contributed by atoms with E-state index in [9.17, 15) is 8.42 Å². The predicted molar refractivity (Wildman–Crippen MR) is 84.7 cm³/mol. The maximum Gasteiger partial charge on any atom is 0.241 e. The molecule has 1 aromatic heterocycles. The number of nitrogens with one attached hydrogen (secondary N) is 2. The quantitative estimate of drug-likeness (QED) is 0.817. The number of sulfonamides is 1. The second kappa shape index (κ2) is 7.13. The first-order valence-electron chi connectivity index (χ1n) is 6.70. The summed E-state index contributed by atoms with van der Waals surface area (Å²) in [5.41, 5.74) is 4.19. The minimum absolute atomic E-state index is 0.211. The van der Waals surface area contributed by atoms with Crippen molar-refractivity contribution in [3.63, 3.8) is 0 Å². The molecule has 7 heteroatoms. The van der Waals surface area contributed by atoms with E-state index in [1.807, 2.05) is 25.3 Å². The first kappa shape index (κ1) is 16.1. The minimum atomic E-state index is -3.53. The summed E-state index contributed by atoms with van der Waals surface area (Å²) >= 11 is 1.45. The average Bonchev–Trinajstić information content (AvgIpc) is 2.97. The molecule has 0 aliphatic rings. The zero-order valence-corrected chi connectivity index (χ0v) is 13.7. The molecule has 5 nitrogen and oxygen atoms in total. The monoisotopic (exact) mass is 325 g/mol. The number of hydrogen-bond donors (Lipinski definition) is 2. The summed E-state index contributed by atoms with van der Waals surface area (Å²) in [4.78, 5) is 4.40. The fraction of sp³-hybridized carbons (Fsp3) is 0.357. The summed E-state index contributed by atoms with van der Waals surface area (Å²) in [5.74, 6) is 0. The fourth-order valence-electron chi connectivity index (χ4n) is 1.97. The van der Waals surface area contributed by atoms with Gasteiger partial charge in [0.1, 0.15) is 0 Å². The van der Waals surface area contributed by atoms with Crippen LogP contribution in [0, 0.1) is 6.92 Å². The van der Waals surface area contributed by atoms with Crippen LogP contribution >= 0.6 is 11.3 Å². The molecule has 0 unspecified atom stereocenters. The number of benzene rings is 1. The lowest BCUT2D eigenvalue weighted by molar-refractivity contribution is 0.579. The summed E-state index contributed by atoms with van der Waals surface area (Å²) in [6.45, 7) is 5.58. The van der Waals surface area contributed by atoms with Gasteiger partial charge < -0.3 is 5.32 Å². The van der Waals surface area contributed by atoms with E-state index < -0.39 is 10.0 Å². The molecule has 0 atom stereocenters.